The van der Waals surface area contributed by atoms with E-state index in [1.54, 1.807) is 0 Å². The van der Waals surface area contributed by atoms with Crippen LogP contribution in [0.1, 0.15) is 12.5 Å². The monoisotopic (exact) mass is 265 g/mol. The van der Waals surface area contributed by atoms with E-state index in [1.165, 1.54) is 0 Å². The Morgan fingerprint density at radius 3 is 2.85 bits per heavy atom. The summed E-state index contributed by atoms with van der Waals surface area (Å²) in [5.74, 6) is 0.541. The number of benzene rings is 2. The van der Waals surface area contributed by atoms with E-state index in [0.717, 1.165) is 22.9 Å². The summed E-state index contributed by atoms with van der Waals surface area (Å²) >= 11 is 0. The standard InChI is InChI=1S/C16H15N3O/c1-2-18-16-14(10-17)19-15(20-16)13-9-5-7-11-6-3-4-8-12(11)13/h3-9,14,16,18H,2H2,1H3. The van der Waals surface area contributed by atoms with E-state index in [2.05, 4.69) is 28.5 Å². The second-order valence-electron chi connectivity index (χ2n) is 4.63. The average Bonchev–Trinajstić information content (AvgIpc) is 2.90. The normalized spacial score (nSPS) is 21.3. The molecule has 0 saturated heterocycles. The van der Waals surface area contributed by atoms with Gasteiger partial charge in [0.15, 0.2) is 12.3 Å². The zero-order chi connectivity index (χ0) is 13.9. The molecule has 0 aliphatic carbocycles. The van der Waals surface area contributed by atoms with Gasteiger partial charge >= 0.3 is 0 Å². The highest BCUT2D eigenvalue weighted by atomic mass is 16.5. The minimum absolute atomic E-state index is 0.362. The number of nitrogens with zero attached hydrogens (tertiary/aromatic N) is 2. The van der Waals surface area contributed by atoms with Crippen molar-refractivity contribution in [1.29, 1.82) is 5.26 Å². The number of fused-ring (bicyclic) bond motifs is 1. The molecule has 1 N–H and O–H groups in total. The molecular weight excluding hydrogens is 250 g/mol. The molecule has 0 aromatic heterocycles. The SMILES string of the molecule is CCNC1OC(c2cccc3ccccc23)=NC1C#N. The van der Waals surface area contributed by atoms with Gasteiger partial charge in [0.05, 0.1) is 6.07 Å². The lowest BCUT2D eigenvalue weighted by Crippen LogP contribution is -2.37. The Hall–Kier alpha value is -2.38. The second kappa shape index (κ2) is 5.32. The van der Waals surface area contributed by atoms with Crippen molar-refractivity contribution in [2.24, 2.45) is 4.99 Å². The zero-order valence-electron chi connectivity index (χ0n) is 11.2. The van der Waals surface area contributed by atoms with Crippen molar-refractivity contribution in [3.63, 3.8) is 0 Å². The largest absolute Gasteiger partial charge is 0.455 e. The minimum Gasteiger partial charge on any atom is -0.455 e. The Bertz CT molecular complexity index is 697. The maximum atomic E-state index is 9.16. The molecule has 0 radical (unpaired) electrons. The maximum absolute atomic E-state index is 9.16. The predicted octanol–water partition coefficient (Wildman–Crippen LogP) is 2.44. The first kappa shape index (κ1) is 12.6. The molecule has 20 heavy (non-hydrogen) atoms. The predicted molar refractivity (Wildman–Crippen MR) is 78.4 cm³/mol. The molecule has 0 amide bonds. The van der Waals surface area contributed by atoms with Gasteiger partial charge in [-0.25, -0.2) is 4.99 Å². The fourth-order valence-electron chi connectivity index (χ4n) is 2.41. The lowest BCUT2D eigenvalue weighted by Gasteiger charge is -2.14. The van der Waals surface area contributed by atoms with E-state index in [9.17, 15) is 0 Å². The lowest BCUT2D eigenvalue weighted by molar-refractivity contribution is 0.171. The van der Waals surface area contributed by atoms with E-state index < -0.39 is 6.04 Å². The first-order valence-electron chi connectivity index (χ1n) is 6.69. The van der Waals surface area contributed by atoms with Crippen molar-refractivity contribution in [1.82, 2.24) is 5.32 Å². The van der Waals surface area contributed by atoms with Crippen LogP contribution in [0.4, 0.5) is 0 Å². The van der Waals surface area contributed by atoms with Crippen molar-refractivity contribution in [3.8, 4) is 6.07 Å². The van der Waals surface area contributed by atoms with Crippen LogP contribution in [-0.2, 0) is 4.74 Å². The Morgan fingerprint density at radius 2 is 2.05 bits per heavy atom. The van der Waals surface area contributed by atoms with Gasteiger partial charge in [-0.2, -0.15) is 5.26 Å². The number of nitrogens with one attached hydrogen (secondary N) is 1. The number of hydrogen-bond donors (Lipinski definition) is 1. The molecule has 1 aliphatic heterocycles. The Balaban J connectivity index is 2.02. The summed E-state index contributed by atoms with van der Waals surface area (Å²) < 4.78 is 5.82. The Kier molecular flexibility index (Phi) is 3.36. The third-order valence-corrected chi connectivity index (χ3v) is 3.34. The van der Waals surface area contributed by atoms with Crippen LogP contribution in [0.25, 0.3) is 10.8 Å². The lowest BCUT2D eigenvalue weighted by atomic mass is 10.0. The average molecular weight is 265 g/mol. The maximum Gasteiger partial charge on any atom is 0.219 e. The highest BCUT2D eigenvalue weighted by Crippen LogP contribution is 2.23. The number of nitriles is 1. The fraction of sp³-hybridized carbons (Fsp3) is 0.250. The molecule has 100 valence electrons. The van der Waals surface area contributed by atoms with Gasteiger partial charge in [-0.15, -0.1) is 0 Å². The number of hydrogen-bond acceptors (Lipinski definition) is 4. The van der Waals surface area contributed by atoms with Crippen molar-refractivity contribution in [2.45, 2.75) is 19.2 Å². The van der Waals surface area contributed by atoms with Gasteiger partial charge < -0.3 is 4.74 Å². The van der Waals surface area contributed by atoms with Crippen molar-refractivity contribution in [3.05, 3.63) is 48.0 Å². The summed E-state index contributed by atoms with van der Waals surface area (Å²) in [4.78, 5) is 4.40. The molecule has 2 atom stereocenters. The summed E-state index contributed by atoms with van der Waals surface area (Å²) in [5, 5.41) is 14.5. The van der Waals surface area contributed by atoms with E-state index in [4.69, 9.17) is 10.00 Å². The van der Waals surface area contributed by atoms with Crippen LogP contribution >= 0.6 is 0 Å². The quantitative estimate of drug-likeness (QED) is 0.927. The van der Waals surface area contributed by atoms with Crippen molar-refractivity contribution < 1.29 is 4.74 Å². The number of rotatable bonds is 3. The summed E-state index contributed by atoms with van der Waals surface area (Å²) in [6, 6.07) is 15.8. The molecule has 1 aliphatic rings. The van der Waals surface area contributed by atoms with Crippen molar-refractivity contribution in [2.75, 3.05) is 6.54 Å². The van der Waals surface area contributed by atoms with Crippen LogP contribution in [-0.4, -0.2) is 24.7 Å². The summed E-state index contributed by atoms with van der Waals surface area (Å²) in [6.07, 6.45) is -0.362. The van der Waals surface area contributed by atoms with Gasteiger partial charge in [0.1, 0.15) is 0 Å². The number of aliphatic imine (C=N–C) groups is 1. The summed E-state index contributed by atoms with van der Waals surface area (Å²) in [7, 11) is 0. The molecule has 2 unspecified atom stereocenters. The molecule has 0 spiro atoms. The Labute approximate surface area is 117 Å². The second-order valence-corrected chi connectivity index (χ2v) is 4.63. The van der Waals surface area contributed by atoms with Crippen LogP contribution in [0.3, 0.4) is 0 Å². The van der Waals surface area contributed by atoms with Crippen LogP contribution in [0, 0.1) is 11.3 Å². The molecule has 0 fully saturated rings. The fourth-order valence-corrected chi connectivity index (χ4v) is 2.41. The number of ether oxygens (including phenoxy) is 1. The molecule has 1 heterocycles. The molecule has 0 bridgehead atoms. The van der Waals surface area contributed by atoms with Crippen LogP contribution in [0.5, 0.6) is 0 Å². The molecule has 2 aromatic carbocycles. The van der Waals surface area contributed by atoms with E-state index in [0.29, 0.717) is 5.90 Å². The van der Waals surface area contributed by atoms with Gasteiger partial charge in [-0.1, -0.05) is 43.3 Å². The van der Waals surface area contributed by atoms with Crippen molar-refractivity contribution >= 4 is 16.7 Å². The molecule has 3 rings (SSSR count). The molecule has 4 heteroatoms. The first-order valence-corrected chi connectivity index (χ1v) is 6.69. The summed E-state index contributed by atoms with van der Waals surface area (Å²) in [5.41, 5.74) is 0.934. The highest BCUT2D eigenvalue weighted by molar-refractivity contribution is 6.07. The first-order chi connectivity index (χ1) is 9.83. The topological polar surface area (TPSA) is 57.4 Å². The van der Waals surface area contributed by atoms with E-state index in [-0.39, 0.29) is 6.23 Å². The minimum atomic E-state index is -0.496. The van der Waals surface area contributed by atoms with Gasteiger partial charge in [0, 0.05) is 5.56 Å². The van der Waals surface area contributed by atoms with Crippen LogP contribution in [0.2, 0.25) is 0 Å². The summed E-state index contributed by atoms with van der Waals surface area (Å²) in [6.45, 7) is 2.72. The Morgan fingerprint density at radius 1 is 1.25 bits per heavy atom. The van der Waals surface area contributed by atoms with E-state index in [1.807, 2.05) is 37.3 Å². The van der Waals surface area contributed by atoms with E-state index >= 15 is 0 Å². The molecule has 0 saturated carbocycles. The van der Waals surface area contributed by atoms with Gasteiger partial charge in [-0.3, -0.25) is 5.32 Å². The van der Waals surface area contributed by atoms with Crippen LogP contribution in [0.15, 0.2) is 47.5 Å². The van der Waals surface area contributed by atoms with Gasteiger partial charge in [-0.05, 0) is 23.4 Å². The van der Waals surface area contributed by atoms with Gasteiger partial charge in [0.25, 0.3) is 0 Å². The third-order valence-electron chi connectivity index (χ3n) is 3.34. The third kappa shape index (κ3) is 2.13. The molecular formula is C16H15N3O. The zero-order valence-corrected chi connectivity index (χ0v) is 11.2. The number of likely N-dealkylation sites (N-methyl/N-ethyl adjacent to an activating group) is 1. The molecule has 2 aromatic rings. The smallest absolute Gasteiger partial charge is 0.219 e. The van der Waals surface area contributed by atoms with Gasteiger partial charge in [0.2, 0.25) is 5.90 Å². The highest BCUT2D eigenvalue weighted by Gasteiger charge is 2.31. The molecule has 4 nitrogen and oxygen atoms in total. The van der Waals surface area contributed by atoms with Crippen LogP contribution < -0.4 is 5.32 Å².